The maximum absolute atomic E-state index is 11.9. The van der Waals surface area contributed by atoms with Crippen molar-refractivity contribution in [1.82, 2.24) is 4.90 Å². The minimum atomic E-state index is 0.0283. The van der Waals surface area contributed by atoms with Gasteiger partial charge >= 0.3 is 0 Å². The number of carbonyl (C=O) groups is 1. The molecule has 1 unspecified atom stereocenters. The van der Waals surface area contributed by atoms with Crippen molar-refractivity contribution < 1.29 is 4.79 Å². The molecule has 1 saturated heterocycles. The van der Waals surface area contributed by atoms with Crippen LogP contribution in [0.4, 0.5) is 5.69 Å². The number of amides is 1. The zero-order valence-corrected chi connectivity index (χ0v) is 12.4. The fraction of sp³-hybridized carbons (Fsp3) is 0.467. The van der Waals surface area contributed by atoms with E-state index in [1.807, 2.05) is 11.8 Å². The predicted octanol–water partition coefficient (Wildman–Crippen LogP) is 2.32. The monoisotopic (exact) mass is 289 g/mol. The summed E-state index contributed by atoms with van der Waals surface area (Å²) >= 11 is 1.99. The summed E-state index contributed by atoms with van der Waals surface area (Å²) in [6.45, 7) is 5.18. The summed E-state index contributed by atoms with van der Waals surface area (Å²) in [7, 11) is 0. The lowest BCUT2D eigenvalue weighted by Gasteiger charge is -2.30. The van der Waals surface area contributed by atoms with E-state index >= 15 is 0 Å². The second kappa shape index (κ2) is 7.32. The number of hydrogen-bond donors (Lipinski definition) is 1. The number of benzene rings is 1. The summed E-state index contributed by atoms with van der Waals surface area (Å²) < 4.78 is 0. The Hall–Kier alpha value is -1.51. The molecule has 0 aromatic heterocycles. The van der Waals surface area contributed by atoms with Crippen LogP contribution in [0, 0.1) is 11.3 Å². The van der Waals surface area contributed by atoms with Gasteiger partial charge in [0.1, 0.15) is 0 Å². The minimum absolute atomic E-state index is 0.0283. The summed E-state index contributed by atoms with van der Waals surface area (Å²) in [4.78, 5) is 14.2. The highest BCUT2D eigenvalue weighted by atomic mass is 32.2. The molecule has 0 radical (unpaired) electrons. The third-order valence-electron chi connectivity index (χ3n) is 3.28. The lowest BCUT2D eigenvalue weighted by atomic mass is 10.2. The van der Waals surface area contributed by atoms with Crippen molar-refractivity contribution in [2.45, 2.75) is 18.6 Å². The van der Waals surface area contributed by atoms with E-state index in [0.29, 0.717) is 17.2 Å². The first-order valence-electron chi connectivity index (χ1n) is 6.81. The molecule has 0 bridgehead atoms. The van der Waals surface area contributed by atoms with Crippen molar-refractivity contribution in [3.8, 4) is 6.07 Å². The standard InChI is InChI=1S/C15H19N3OS/c1-12-11-18(8-9-20-12)7-6-15(19)17-14-4-2-13(10-16)3-5-14/h2-5,12H,6-9,11H2,1H3,(H,17,19). The average Bonchev–Trinajstić information content (AvgIpc) is 2.46. The molecule has 1 atom stereocenters. The van der Waals surface area contributed by atoms with Gasteiger partial charge < -0.3 is 10.2 Å². The Balaban J connectivity index is 1.76. The van der Waals surface area contributed by atoms with Gasteiger partial charge in [-0.15, -0.1) is 0 Å². The first-order chi connectivity index (χ1) is 9.67. The number of thioether (sulfide) groups is 1. The molecular weight excluding hydrogens is 270 g/mol. The molecule has 0 saturated carbocycles. The van der Waals surface area contributed by atoms with E-state index < -0.39 is 0 Å². The Morgan fingerprint density at radius 3 is 2.90 bits per heavy atom. The van der Waals surface area contributed by atoms with E-state index in [9.17, 15) is 4.79 Å². The number of nitriles is 1. The van der Waals surface area contributed by atoms with Crippen LogP contribution in [-0.4, -0.2) is 41.4 Å². The highest BCUT2D eigenvalue weighted by molar-refractivity contribution is 7.99. The fourth-order valence-electron chi connectivity index (χ4n) is 2.20. The van der Waals surface area contributed by atoms with Gasteiger partial charge in [0.15, 0.2) is 0 Å². The Morgan fingerprint density at radius 2 is 2.25 bits per heavy atom. The molecule has 1 N–H and O–H groups in total. The molecule has 1 fully saturated rings. The third kappa shape index (κ3) is 4.55. The maximum atomic E-state index is 11.9. The van der Waals surface area contributed by atoms with Crippen LogP contribution < -0.4 is 5.32 Å². The maximum Gasteiger partial charge on any atom is 0.225 e. The van der Waals surface area contributed by atoms with Crippen molar-refractivity contribution in [3.63, 3.8) is 0 Å². The molecule has 0 aliphatic carbocycles. The van der Waals surface area contributed by atoms with Crippen LogP contribution in [0.3, 0.4) is 0 Å². The molecule has 20 heavy (non-hydrogen) atoms. The Morgan fingerprint density at radius 1 is 1.50 bits per heavy atom. The number of nitrogens with zero attached hydrogens (tertiary/aromatic N) is 2. The van der Waals surface area contributed by atoms with Gasteiger partial charge in [-0.2, -0.15) is 17.0 Å². The van der Waals surface area contributed by atoms with E-state index in [1.165, 1.54) is 0 Å². The summed E-state index contributed by atoms with van der Waals surface area (Å²) in [5, 5.41) is 12.2. The summed E-state index contributed by atoms with van der Waals surface area (Å²) in [5.74, 6) is 1.18. The number of nitrogens with one attached hydrogen (secondary N) is 1. The SMILES string of the molecule is CC1CN(CCC(=O)Nc2ccc(C#N)cc2)CCS1. The normalized spacial score (nSPS) is 19.3. The van der Waals surface area contributed by atoms with Crippen molar-refractivity contribution >= 4 is 23.4 Å². The van der Waals surface area contributed by atoms with Crippen LogP contribution >= 0.6 is 11.8 Å². The van der Waals surface area contributed by atoms with Gasteiger partial charge in [0.2, 0.25) is 5.91 Å². The van der Waals surface area contributed by atoms with Crippen LogP contribution in [0.5, 0.6) is 0 Å². The van der Waals surface area contributed by atoms with Gasteiger partial charge in [0.25, 0.3) is 0 Å². The summed E-state index contributed by atoms with van der Waals surface area (Å²) in [6, 6.07) is 8.99. The zero-order valence-electron chi connectivity index (χ0n) is 11.6. The van der Waals surface area contributed by atoms with Gasteiger partial charge in [-0.3, -0.25) is 4.79 Å². The van der Waals surface area contributed by atoms with Gasteiger partial charge in [0.05, 0.1) is 11.6 Å². The minimum Gasteiger partial charge on any atom is -0.326 e. The smallest absolute Gasteiger partial charge is 0.225 e. The second-order valence-electron chi connectivity index (χ2n) is 4.97. The largest absolute Gasteiger partial charge is 0.326 e. The average molecular weight is 289 g/mol. The Labute approximate surface area is 124 Å². The Bertz CT molecular complexity index is 495. The van der Waals surface area contributed by atoms with E-state index in [1.54, 1.807) is 24.3 Å². The quantitative estimate of drug-likeness (QED) is 0.924. The highest BCUT2D eigenvalue weighted by Crippen LogP contribution is 2.17. The molecule has 0 spiro atoms. The summed E-state index contributed by atoms with van der Waals surface area (Å²) in [6.07, 6.45) is 0.511. The summed E-state index contributed by atoms with van der Waals surface area (Å²) in [5.41, 5.74) is 1.35. The van der Waals surface area contributed by atoms with Crippen LogP contribution in [-0.2, 0) is 4.79 Å². The number of hydrogen-bond acceptors (Lipinski definition) is 4. The van der Waals surface area contributed by atoms with E-state index in [2.05, 4.69) is 23.2 Å². The Kier molecular flexibility index (Phi) is 5.45. The van der Waals surface area contributed by atoms with E-state index in [-0.39, 0.29) is 5.91 Å². The fourth-order valence-corrected chi connectivity index (χ4v) is 3.29. The molecule has 5 heteroatoms. The first kappa shape index (κ1) is 14.9. The highest BCUT2D eigenvalue weighted by Gasteiger charge is 2.17. The first-order valence-corrected chi connectivity index (χ1v) is 7.86. The van der Waals surface area contributed by atoms with Crippen LogP contribution in [0.15, 0.2) is 24.3 Å². The van der Waals surface area contributed by atoms with Crippen molar-refractivity contribution in [3.05, 3.63) is 29.8 Å². The van der Waals surface area contributed by atoms with E-state index in [4.69, 9.17) is 5.26 Å². The molecule has 1 heterocycles. The third-order valence-corrected chi connectivity index (χ3v) is 4.41. The van der Waals surface area contributed by atoms with Gasteiger partial charge in [0, 0.05) is 42.7 Å². The number of rotatable bonds is 4. The number of carbonyl (C=O) groups excluding carboxylic acids is 1. The predicted molar refractivity (Wildman–Crippen MR) is 82.8 cm³/mol. The van der Waals surface area contributed by atoms with Gasteiger partial charge in [-0.1, -0.05) is 6.92 Å². The lowest BCUT2D eigenvalue weighted by molar-refractivity contribution is -0.116. The molecule has 106 valence electrons. The van der Waals surface area contributed by atoms with E-state index in [0.717, 1.165) is 31.1 Å². The molecule has 2 rings (SSSR count). The van der Waals surface area contributed by atoms with Crippen LogP contribution in [0.2, 0.25) is 0 Å². The second-order valence-corrected chi connectivity index (χ2v) is 6.52. The molecule has 4 nitrogen and oxygen atoms in total. The molecule has 1 aliphatic heterocycles. The molecule has 1 amide bonds. The molecule has 1 aliphatic rings. The van der Waals surface area contributed by atoms with Crippen molar-refractivity contribution in [2.24, 2.45) is 0 Å². The molecule has 1 aromatic carbocycles. The zero-order chi connectivity index (χ0) is 14.4. The van der Waals surface area contributed by atoms with Crippen molar-refractivity contribution in [1.29, 1.82) is 5.26 Å². The van der Waals surface area contributed by atoms with Gasteiger partial charge in [-0.25, -0.2) is 0 Å². The van der Waals surface area contributed by atoms with Gasteiger partial charge in [-0.05, 0) is 24.3 Å². The lowest BCUT2D eigenvalue weighted by Crippen LogP contribution is -2.38. The topological polar surface area (TPSA) is 56.1 Å². The van der Waals surface area contributed by atoms with Crippen molar-refractivity contribution in [2.75, 3.05) is 30.7 Å². The number of anilines is 1. The van der Waals surface area contributed by atoms with Crippen LogP contribution in [0.1, 0.15) is 18.9 Å². The van der Waals surface area contributed by atoms with Crippen LogP contribution in [0.25, 0.3) is 0 Å². The molecule has 1 aromatic rings. The molecular formula is C15H19N3OS.